The summed E-state index contributed by atoms with van der Waals surface area (Å²) in [5, 5.41) is 0. The van der Waals surface area contributed by atoms with Crippen molar-refractivity contribution in [2.24, 2.45) is 11.7 Å². The highest BCUT2D eigenvalue weighted by Crippen LogP contribution is 2.15. The minimum absolute atomic E-state index is 0.107. The van der Waals surface area contributed by atoms with Gasteiger partial charge in [0.05, 0.1) is 0 Å². The van der Waals surface area contributed by atoms with E-state index < -0.39 is 0 Å². The Morgan fingerprint density at radius 1 is 0.571 bits per heavy atom. The Kier molecular flexibility index (Phi) is 22.6. The van der Waals surface area contributed by atoms with Gasteiger partial charge in [-0.2, -0.15) is 0 Å². The van der Waals surface area contributed by atoms with Crippen molar-refractivity contribution in [1.82, 2.24) is 0 Å². The monoisotopic (exact) mass is 395 g/mol. The molecule has 0 spiro atoms. The SMILES string of the molecule is CCCCCCCCCCCCCCCCCCCCCC(=O)C(CC)CN. The third kappa shape index (κ3) is 19.0. The number of hydrogen-bond acceptors (Lipinski definition) is 2. The molecule has 0 rings (SSSR count). The van der Waals surface area contributed by atoms with Gasteiger partial charge in [0.1, 0.15) is 5.78 Å². The van der Waals surface area contributed by atoms with E-state index in [9.17, 15) is 4.79 Å². The van der Waals surface area contributed by atoms with E-state index in [0.717, 1.165) is 19.3 Å². The Balaban J connectivity index is 3.13. The van der Waals surface area contributed by atoms with E-state index in [2.05, 4.69) is 13.8 Å². The molecule has 0 aliphatic heterocycles. The molecule has 168 valence electrons. The molecular weight excluding hydrogens is 342 g/mol. The molecule has 0 aliphatic carbocycles. The van der Waals surface area contributed by atoms with Gasteiger partial charge in [-0.1, -0.05) is 129 Å². The second kappa shape index (κ2) is 22.9. The van der Waals surface area contributed by atoms with Crippen LogP contribution in [0.2, 0.25) is 0 Å². The number of ketones is 1. The Labute approximate surface area is 177 Å². The number of rotatable bonds is 23. The second-order valence-electron chi connectivity index (χ2n) is 8.92. The number of carbonyl (C=O) groups excluding carboxylic acids is 1. The largest absolute Gasteiger partial charge is 0.330 e. The van der Waals surface area contributed by atoms with Gasteiger partial charge in [-0.3, -0.25) is 4.79 Å². The molecule has 1 unspecified atom stereocenters. The molecule has 0 aromatic carbocycles. The molecule has 0 heterocycles. The summed E-state index contributed by atoms with van der Waals surface area (Å²) in [4.78, 5) is 11.9. The van der Waals surface area contributed by atoms with Gasteiger partial charge in [-0.15, -0.1) is 0 Å². The predicted molar refractivity (Wildman–Crippen MR) is 126 cm³/mol. The van der Waals surface area contributed by atoms with Gasteiger partial charge in [0.2, 0.25) is 0 Å². The molecule has 0 saturated heterocycles. The average molecular weight is 396 g/mol. The van der Waals surface area contributed by atoms with E-state index in [1.807, 2.05) is 0 Å². The number of nitrogens with two attached hydrogens (primary N) is 1. The van der Waals surface area contributed by atoms with Gasteiger partial charge in [-0.05, 0) is 12.8 Å². The topological polar surface area (TPSA) is 43.1 Å². The summed E-state index contributed by atoms with van der Waals surface area (Å²) in [6.07, 6.45) is 28.1. The summed E-state index contributed by atoms with van der Waals surface area (Å²) in [5.74, 6) is 0.493. The van der Waals surface area contributed by atoms with Crippen LogP contribution in [0.15, 0.2) is 0 Å². The molecule has 2 heteroatoms. The molecule has 0 aromatic heterocycles. The van der Waals surface area contributed by atoms with E-state index in [1.165, 1.54) is 116 Å². The van der Waals surface area contributed by atoms with Crippen LogP contribution in [0.1, 0.15) is 149 Å². The van der Waals surface area contributed by atoms with Gasteiger partial charge in [0.25, 0.3) is 0 Å². The van der Waals surface area contributed by atoms with Crippen molar-refractivity contribution in [3.8, 4) is 0 Å². The van der Waals surface area contributed by atoms with Crippen molar-refractivity contribution in [1.29, 1.82) is 0 Å². The van der Waals surface area contributed by atoms with Gasteiger partial charge in [-0.25, -0.2) is 0 Å². The van der Waals surface area contributed by atoms with Crippen LogP contribution in [0.5, 0.6) is 0 Å². The number of carbonyl (C=O) groups is 1. The van der Waals surface area contributed by atoms with Crippen LogP contribution in [0.4, 0.5) is 0 Å². The number of hydrogen-bond donors (Lipinski definition) is 1. The fourth-order valence-corrected chi connectivity index (χ4v) is 4.11. The molecular formula is C26H53NO. The lowest BCUT2D eigenvalue weighted by Crippen LogP contribution is -2.22. The Morgan fingerprint density at radius 3 is 1.18 bits per heavy atom. The molecule has 0 fully saturated rings. The van der Waals surface area contributed by atoms with E-state index in [4.69, 9.17) is 5.73 Å². The molecule has 0 radical (unpaired) electrons. The first kappa shape index (κ1) is 27.6. The molecule has 0 aromatic rings. The van der Waals surface area contributed by atoms with Crippen LogP contribution < -0.4 is 5.73 Å². The number of unbranched alkanes of at least 4 members (excludes halogenated alkanes) is 18. The summed E-state index contributed by atoms with van der Waals surface area (Å²) in [6.45, 7) is 4.87. The van der Waals surface area contributed by atoms with Crippen LogP contribution in [0, 0.1) is 5.92 Å². The molecule has 1 atom stereocenters. The van der Waals surface area contributed by atoms with Crippen LogP contribution in [-0.2, 0) is 4.79 Å². The lowest BCUT2D eigenvalue weighted by molar-refractivity contribution is -0.122. The first-order valence-corrected chi connectivity index (χ1v) is 13.0. The zero-order valence-electron chi connectivity index (χ0n) is 19.6. The van der Waals surface area contributed by atoms with Gasteiger partial charge in [0, 0.05) is 18.9 Å². The third-order valence-electron chi connectivity index (χ3n) is 6.26. The first-order chi connectivity index (χ1) is 13.8. The van der Waals surface area contributed by atoms with Crippen LogP contribution in [0.25, 0.3) is 0 Å². The lowest BCUT2D eigenvalue weighted by atomic mass is 9.96. The summed E-state index contributed by atoms with van der Waals surface area (Å²) < 4.78 is 0. The van der Waals surface area contributed by atoms with Gasteiger partial charge >= 0.3 is 0 Å². The summed E-state index contributed by atoms with van der Waals surface area (Å²) in [7, 11) is 0. The van der Waals surface area contributed by atoms with Crippen molar-refractivity contribution in [2.75, 3.05) is 6.54 Å². The maximum atomic E-state index is 11.9. The van der Waals surface area contributed by atoms with Gasteiger partial charge in [0.15, 0.2) is 0 Å². The molecule has 2 nitrogen and oxygen atoms in total. The zero-order valence-corrected chi connectivity index (χ0v) is 19.6. The van der Waals surface area contributed by atoms with Crippen molar-refractivity contribution >= 4 is 5.78 Å². The first-order valence-electron chi connectivity index (χ1n) is 13.0. The van der Waals surface area contributed by atoms with E-state index in [-0.39, 0.29) is 5.92 Å². The van der Waals surface area contributed by atoms with Crippen LogP contribution in [-0.4, -0.2) is 12.3 Å². The molecule has 28 heavy (non-hydrogen) atoms. The van der Waals surface area contributed by atoms with Crippen molar-refractivity contribution in [2.45, 2.75) is 149 Å². The Bertz CT molecular complexity index is 312. The molecule has 0 bridgehead atoms. The van der Waals surface area contributed by atoms with Crippen molar-refractivity contribution in [3.05, 3.63) is 0 Å². The van der Waals surface area contributed by atoms with Crippen molar-refractivity contribution in [3.63, 3.8) is 0 Å². The maximum Gasteiger partial charge on any atom is 0.137 e. The van der Waals surface area contributed by atoms with E-state index in [0.29, 0.717) is 12.3 Å². The summed E-state index contributed by atoms with van der Waals surface area (Å²) in [5.41, 5.74) is 5.64. The smallest absolute Gasteiger partial charge is 0.137 e. The maximum absolute atomic E-state index is 11.9. The number of Topliss-reactive ketones (excluding diaryl/α,β-unsaturated/α-hetero) is 1. The standard InChI is InChI=1S/C26H53NO/c1-3-5-6-7-8-9-10-11-12-13-14-15-16-17-18-19-20-21-22-23-26(28)25(4-2)24-27/h25H,3-24,27H2,1-2H3. The van der Waals surface area contributed by atoms with Crippen LogP contribution in [0.3, 0.4) is 0 Å². The minimum Gasteiger partial charge on any atom is -0.330 e. The Morgan fingerprint density at radius 2 is 0.893 bits per heavy atom. The molecule has 2 N–H and O–H groups in total. The predicted octanol–water partition coefficient (Wildman–Crippen LogP) is 8.36. The summed E-state index contributed by atoms with van der Waals surface area (Å²) >= 11 is 0. The molecule has 0 aliphatic rings. The summed E-state index contributed by atoms with van der Waals surface area (Å²) in [6, 6.07) is 0. The van der Waals surface area contributed by atoms with E-state index in [1.54, 1.807) is 0 Å². The highest BCUT2D eigenvalue weighted by Gasteiger charge is 2.13. The fourth-order valence-electron chi connectivity index (χ4n) is 4.11. The second-order valence-corrected chi connectivity index (χ2v) is 8.92. The lowest BCUT2D eigenvalue weighted by Gasteiger charge is -2.10. The highest BCUT2D eigenvalue weighted by molar-refractivity contribution is 5.81. The fraction of sp³-hybridized carbons (Fsp3) is 0.962. The highest BCUT2D eigenvalue weighted by atomic mass is 16.1. The van der Waals surface area contributed by atoms with Gasteiger partial charge < -0.3 is 5.73 Å². The third-order valence-corrected chi connectivity index (χ3v) is 6.26. The normalized spacial score (nSPS) is 12.4. The average Bonchev–Trinajstić information content (AvgIpc) is 2.70. The van der Waals surface area contributed by atoms with E-state index >= 15 is 0 Å². The quantitative estimate of drug-likeness (QED) is 0.177. The molecule has 0 saturated carbocycles. The Hall–Kier alpha value is -0.370. The van der Waals surface area contributed by atoms with Crippen LogP contribution >= 0.6 is 0 Å². The molecule has 0 amide bonds. The zero-order chi connectivity index (χ0) is 20.7. The van der Waals surface area contributed by atoms with Crippen molar-refractivity contribution < 1.29 is 4.79 Å². The minimum atomic E-state index is 0.107.